The topological polar surface area (TPSA) is 122 Å². The summed E-state index contributed by atoms with van der Waals surface area (Å²) in [5, 5.41) is 5.17. The lowest BCUT2D eigenvalue weighted by molar-refractivity contribution is -0.126. The first-order valence-electron chi connectivity index (χ1n) is 10.9. The summed E-state index contributed by atoms with van der Waals surface area (Å²) in [7, 11) is -3.64. The van der Waals surface area contributed by atoms with Crippen LogP contribution in [0.25, 0.3) is 0 Å². The maximum absolute atomic E-state index is 12.5. The van der Waals surface area contributed by atoms with Gasteiger partial charge in [0.2, 0.25) is 15.9 Å². The predicted molar refractivity (Wildman–Crippen MR) is 129 cm³/mol. The number of benzene rings is 2. The molecule has 34 heavy (non-hydrogen) atoms. The number of ether oxygens (including phenoxy) is 1. The highest BCUT2D eigenvalue weighted by atomic mass is 32.2. The van der Waals surface area contributed by atoms with Crippen LogP contribution in [0.5, 0.6) is 0 Å². The van der Waals surface area contributed by atoms with E-state index < -0.39 is 34.4 Å². The van der Waals surface area contributed by atoms with E-state index in [2.05, 4.69) is 10.6 Å². The lowest BCUT2D eigenvalue weighted by Gasteiger charge is -2.18. The quantitative estimate of drug-likeness (QED) is 0.495. The minimum Gasteiger partial charge on any atom is -0.452 e. The van der Waals surface area contributed by atoms with Crippen LogP contribution in [0, 0.1) is 20.8 Å². The maximum atomic E-state index is 12.5. The number of nitrogens with zero attached hydrogens (tertiary/aromatic N) is 1. The molecule has 2 N–H and O–H groups in total. The first kappa shape index (κ1) is 27.0. The predicted octanol–water partition coefficient (Wildman–Crippen LogP) is 2.55. The van der Waals surface area contributed by atoms with Gasteiger partial charge in [-0.15, -0.1) is 0 Å². The second-order valence-electron chi connectivity index (χ2n) is 7.79. The van der Waals surface area contributed by atoms with E-state index in [1.54, 1.807) is 13.8 Å². The molecule has 0 aliphatic rings. The number of hydrogen-bond acceptors (Lipinski definition) is 6. The van der Waals surface area contributed by atoms with Gasteiger partial charge in [0, 0.05) is 18.8 Å². The molecule has 10 heteroatoms. The lowest BCUT2D eigenvalue weighted by Crippen LogP contribution is -2.35. The van der Waals surface area contributed by atoms with Crippen molar-refractivity contribution in [3.63, 3.8) is 0 Å². The molecule has 0 spiro atoms. The van der Waals surface area contributed by atoms with E-state index in [1.807, 2.05) is 32.9 Å². The average molecular weight is 490 g/mol. The number of aryl methyl sites for hydroxylation is 3. The fourth-order valence-electron chi connectivity index (χ4n) is 3.48. The van der Waals surface area contributed by atoms with Gasteiger partial charge in [-0.05, 0) is 56.2 Å². The number of sulfonamides is 1. The number of esters is 1. The fourth-order valence-corrected chi connectivity index (χ4v) is 4.94. The van der Waals surface area contributed by atoms with Crippen molar-refractivity contribution >= 4 is 33.5 Å². The van der Waals surface area contributed by atoms with Crippen LogP contribution in [-0.2, 0) is 24.3 Å². The molecule has 0 aliphatic heterocycles. The molecule has 0 bridgehead atoms. The smallest absolute Gasteiger partial charge is 0.338 e. The van der Waals surface area contributed by atoms with E-state index in [4.69, 9.17) is 4.74 Å². The second kappa shape index (κ2) is 11.8. The molecule has 9 nitrogen and oxygen atoms in total. The Balaban J connectivity index is 1.86. The van der Waals surface area contributed by atoms with E-state index in [9.17, 15) is 22.8 Å². The second-order valence-corrected chi connectivity index (χ2v) is 9.73. The van der Waals surface area contributed by atoms with E-state index in [1.165, 1.54) is 28.6 Å². The van der Waals surface area contributed by atoms with Gasteiger partial charge in [-0.1, -0.05) is 31.5 Å². The van der Waals surface area contributed by atoms with Crippen LogP contribution in [-0.4, -0.2) is 56.7 Å². The summed E-state index contributed by atoms with van der Waals surface area (Å²) < 4.78 is 31.3. The third kappa shape index (κ3) is 6.88. The summed E-state index contributed by atoms with van der Waals surface area (Å²) in [5.74, 6) is -1.82. The zero-order chi connectivity index (χ0) is 25.5. The molecular formula is C24H31N3O6S. The Kier molecular flexibility index (Phi) is 9.34. The first-order chi connectivity index (χ1) is 16.0. The number of carbonyl (C=O) groups excluding carboxylic acids is 3. The Labute approximate surface area is 200 Å². The number of hydrogen-bond donors (Lipinski definition) is 2. The monoisotopic (exact) mass is 489 g/mol. The molecule has 0 fully saturated rings. The van der Waals surface area contributed by atoms with E-state index >= 15 is 0 Å². The van der Waals surface area contributed by atoms with Crippen molar-refractivity contribution in [2.75, 3.05) is 31.6 Å². The van der Waals surface area contributed by atoms with Gasteiger partial charge < -0.3 is 15.4 Å². The largest absolute Gasteiger partial charge is 0.452 e. The summed E-state index contributed by atoms with van der Waals surface area (Å²) in [5.41, 5.74) is 3.73. The number of amides is 2. The SMILES string of the molecule is CCN(CC)S(=O)(=O)c1ccc(C(=O)OCC(=O)NCC(=O)Nc2c(C)cc(C)cc2C)cc1. The molecule has 0 heterocycles. The van der Waals surface area contributed by atoms with Gasteiger partial charge in [0.1, 0.15) is 0 Å². The van der Waals surface area contributed by atoms with Gasteiger partial charge in [0.15, 0.2) is 6.61 Å². The summed E-state index contributed by atoms with van der Waals surface area (Å²) in [6.45, 7) is 9.04. The molecular weight excluding hydrogens is 458 g/mol. The van der Waals surface area contributed by atoms with Gasteiger partial charge in [-0.3, -0.25) is 9.59 Å². The Morgan fingerprint density at radius 2 is 1.47 bits per heavy atom. The molecule has 2 rings (SSSR count). The van der Waals surface area contributed by atoms with Gasteiger partial charge in [-0.2, -0.15) is 4.31 Å². The number of carbonyl (C=O) groups is 3. The normalized spacial score (nSPS) is 11.2. The Morgan fingerprint density at radius 1 is 0.912 bits per heavy atom. The molecule has 2 amide bonds. The van der Waals surface area contributed by atoms with Crippen LogP contribution >= 0.6 is 0 Å². The van der Waals surface area contributed by atoms with Crippen LogP contribution < -0.4 is 10.6 Å². The van der Waals surface area contributed by atoms with E-state index in [-0.39, 0.29) is 17.0 Å². The van der Waals surface area contributed by atoms with Crippen molar-refractivity contribution in [1.82, 2.24) is 9.62 Å². The van der Waals surface area contributed by atoms with Gasteiger partial charge in [0.25, 0.3) is 5.91 Å². The molecule has 0 radical (unpaired) electrons. The zero-order valence-electron chi connectivity index (χ0n) is 20.1. The van der Waals surface area contributed by atoms with Crippen molar-refractivity contribution in [2.45, 2.75) is 39.5 Å². The molecule has 0 atom stereocenters. The fraction of sp³-hybridized carbons (Fsp3) is 0.375. The van der Waals surface area contributed by atoms with Crippen molar-refractivity contribution in [2.24, 2.45) is 0 Å². The molecule has 2 aromatic rings. The van der Waals surface area contributed by atoms with E-state index in [0.717, 1.165) is 16.7 Å². The highest BCUT2D eigenvalue weighted by Crippen LogP contribution is 2.21. The van der Waals surface area contributed by atoms with Crippen molar-refractivity contribution in [1.29, 1.82) is 0 Å². The highest BCUT2D eigenvalue weighted by Gasteiger charge is 2.22. The van der Waals surface area contributed by atoms with Crippen molar-refractivity contribution in [3.05, 3.63) is 58.7 Å². The summed E-state index contributed by atoms with van der Waals surface area (Å²) >= 11 is 0. The number of nitrogens with one attached hydrogen (secondary N) is 2. The number of rotatable bonds is 10. The van der Waals surface area contributed by atoms with E-state index in [0.29, 0.717) is 18.8 Å². The maximum Gasteiger partial charge on any atom is 0.338 e. The van der Waals surface area contributed by atoms with Gasteiger partial charge in [-0.25, -0.2) is 13.2 Å². The van der Waals surface area contributed by atoms with Crippen LogP contribution in [0.3, 0.4) is 0 Å². The molecule has 0 unspecified atom stereocenters. The molecule has 0 saturated carbocycles. The van der Waals surface area contributed by atoms with Gasteiger partial charge >= 0.3 is 5.97 Å². The first-order valence-corrected chi connectivity index (χ1v) is 12.3. The van der Waals surface area contributed by atoms with Crippen LogP contribution in [0.4, 0.5) is 5.69 Å². The molecule has 0 saturated heterocycles. The average Bonchev–Trinajstić information content (AvgIpc) is 2.79. The lowest BCUT2D eigenvalue weighted by atomic mass is 10.1. The Bertz CT molecular complexity index is 1130. The van der Waals surface area contributed by atoms with Crippen LogP contribution in [0.2, 0.25) is 0 Å². The molecule has 2 aromatic carbocycles. The number of anilines is 1. The minimum atomic E-state index is -3.64. The minimum absolute atomic E-state index is 0.0653. The Morgan fingerprint density at radius 3 is 2.00 bits per heavy atom. The van der Waals surface area contributed by atoms with Crippen LogP contribution in [0.15, 0.2) is 41.3 Å². The van der Waals surface area contributed by atoms with Crippen molar-refractivity contribution < 1.29 is 27.5 Å². The summed E-state index contributed by atoms with van der Waals surface area (Å²) in [4.78, 5) is 36.4. The molecule has 184 valence electrons. The summed E-state index contributed by atoms with van der Waals surface area (Å²) in [6.07, 6.45) is 0. The standard InChI is InChI=1S/C24H31N3O6S/c1-6-27(7-2)34(31,32)20-10-8-19(9-11-20)24(30)33-15-22(29)25-14-21(28)26-23-17(4)12-16(3)13-18(23)5/h8-13H,6-7,14-15H2,1-5H3,(H,25,29)(H,26,28). The molecule has 0 aromatic heterocycles. The molecule has 0 aliphatic carbocycles. The van der Waals surface area contributed by atoms with Crippen LogP contribution in [0.1, 0.15) is 40.9 Å². The Hall–Kier alpha value is -3.24. The third-order valence-electron chi connectivity index (χ3n) is 5.16. The third-order valence-corrected chi connectivity index (χ3v) is 7.22. The zero-order valence-corrected chi connectivity index (χ0v) is 20.9. The summed E-state index contributed by atoms with van der Waals surface area (Å²) in [6, 6.07) is 9.21. The van der Waals surface area contributed by atoms with Crippen molar-refractivity contribution in [3.8, 4) is 0 Å². The highest BCUT2D eigenvalue weighted by molar-refractivity contribution is 7.89. The van der Waals surface area contributed by atoms with Gasteiger partial charge in [0.05, 0.1) is 17.0 Å².